The Morgan fingerprint density at radius 2 is 2.00 bits per heavy atom. The first-order valence-electron chi connectivity index (χ1n) is 3.22. The van der Waals surface area contributed by atoms with Crippen molar-refractivity contribution in [3.8, 4) is 0 Å². The van der Waals surface area contributed by atoms with Crippen LogP contribution in [0.5, 0.6) is 0 Å². The number of carbonyl (C=O) groups excluding carboxylic acids is 2. The Morgan fingerprint density at radius 3 is 2.50 bits per heavy atom. The molecule has 0 atom stereocenters. The summed E-state index contributed by atoms with van der Waals surface area (Å²) in [6, 6.07) is 0. The third kappa shape index (κ3) is 7.30. The molecule has 0 radical (unpaired) electrons. The molecule has 0 rings (SSSR count). The maximum atomic E-state index is 10.6. The van der Waals surface area contributed by atoms with E-state index in [2.05, 4.69) is 9.47 Å². The normalized spacial score (nSPS) is 9.17. The summed E-state index contributed by atoms with van der Waals surface area (Å²) in [5, 5.41) is 0. The Labute approximate surface area is 74.5 Å². The summed E-state index contributed by atoms with van der Waals surface area (Å²) in [6.45, 7) is 1.53. The molecular formula is C6H9ClO5. The van der Waals surface area contributed by atoms with E-state index >= 15 is 0 Å². The molecule has 6 heteroatoms. The fourth-order valence-electron chi connectivity index (χ4n) is 0.369. The molecule has 70 valence electrons. The summed E-state index contributed by atoms with van der Waals surface area (Å²) < 4.78 is 13.2. The topological polar surface area (TPSA) is 61.8 Å². The maximum absolute atomic E-state index is 10.6. The fourth-order valence-corrected chi connectivity index (χ4v) is 0.413. The van der Waals surface area contributed by atoms with Crippen molar-refractivity contribution in [3.05, 3.63) is 0 Å². The molecule has 5 nitrogen and oxygen atoms in total. The van der Waals surface area contributed by atoms with Crippen molar-refractivity contribution in [2.75, 3.05) is 20.0 Å². The molecule has 0 saturated heterocycles. The molecule has 0 aromatic rings. The van der Waals surface area contributed by atoms with Crippen LogP contribution in [0.4, 0.5) is 4.79 Å². The van der Waals surface area contributed by atoms with Crippen LogP contribution >= 0.6 is 11.6 Å². The Kier molecular flexibility index (Phi) is 6.41. The first-order chi connectivity index (χ1) is 5.66. The zero-order chi connectivity index (χ0) is 9.40. The summed E-state index contributed by atoms with van der Waals surface area (Å²) in [7, 11) is 0. The molecule has 0 fully saturated rings. The highest BCUT2D eigenvalue weighted by molar-refractivity contribution is 6.61. The standard InChI is InChI=1S/C6H9ClO5/c1-2-10-3-5(8)11-4-12-6(7)9/h2-4H2,1H3. The lowest BCUT2D eigenvalue weighted by Gasteiger charge is -2.02. The number of carbonyl (C=O) groups is 2. The van der Waals surface area contributed by atoms with E-state index < -0.39 is 18.2 Å². The average molecular weight is 197 g/mol. The van der Waals surface area contributed by atoms with E-state index in [-0.39, 0.29) is 6.61 Å². The summed E-state index contributed by atoms with van der Waals surface area (Å²) in [4.78, 5) is 20.6. The molecule has 0 aromatic carbocycles. The van der Waals surface area contributed by atoms with Crippen LogP contribution < -0.4 is 0 Å². The molecule has 0 spiro atoms. The van der Waals surface area contributed by atoms with E-state index in [0.717, 1.165) is 0 Å². The van der Waals surface area contributed by atoms with Crippen molar-refractivity contribution < 1.29 is 23.8 Å². The molecule has 0 unspecified atom stereocenters. The highest BCUT2D eigenvalue weighted by Crippen LogP contribution is 1.88. The van der Waals surface area contributed by atoms with Gasteiger partial charge in [0, 0.05) is 18.2 Å². The molecule has 0 amide bonds. The van der Waals surface area contributed by atoms with E-state index in [9.17, 15) is 9.59 Å². The van der Waals surface area contributed by atoms with Crippen LogP contribution in [-0.4, -0.2) is 31.4 Å². The highest BCUT2D eigenvalue weighted by Gasteiger charge is 2.02. The predicted molar refractivity (Wildman–Crippen MR) is 39.8 cm³/mol. The molecule has 0 N–H and O–H groups in total. The smallest absolute Gasteiger partial charge is 0.406 e. The molecule has 0 bridgehead atoms. The van der Waals surface area contributed by atoms with Crippen molar-refractivity contribution in [1.29, 1.82) is 0 Å². The van der Waals surface area contributed by atoms with Crippen molar-refractivity contribution in [1.82, 2.24) is 0 Å². The minimum absolute atomic E-state index is 0.156. The van der Waals surface area contributed by atoms with Gasteiger partial charge in [0.15, 0.2) is 0 Å². The van der Waals surface area contributed by atoms with Crippen LogP contribution in [0.2, 0.25) is 0 Å². The summed E-state index contributed by atoms with van der Waals surface area (Å²) in [5.41, 5.74) is -1.01. The molecule has 0 aromatic heterocycles. The lowest BCUT2D eigenvalue weighted by Crippen LogP contribution is -2.15. The zero-order valence-corrected chi connectivity index (χ0v) is 7.30. The van der Waals surface area contributed by atoms with E-state index in [0.29, 0.717) is 6.61 Å². The van der Waals surface area contributed by atoms with Crippen molar-refractivity contribution in [2.24, 2.45) is 0 Å². The largest absolute Gasteiger partial charge is 0.426 e. The van der Waals surface area contributed by atoms with Gasteiger partial charge in [-0.15, -0.1) is 0 Å². The second-order valence-corrected chi connectivity index (χ2v) is 1.96. The summed E-state index contributed by atoms with van der Waals surface area (Å²) in [6.07, 6.45) is 0. The number of rotatable bonds is 5. The Hall–Kier alpha value is -0.810. The van der Waals surface area contributed by atoms with Gasteiger partial charge < -0.3 is 14.2 Å². The third-order valence-electron chi connectivity index (χ3n) is 0.816. The van der Waals surface area contributed by atoms with Gasteiger partial charge in [-0.3, -0.25) is 0 Å². The first kappa shape index (κ1) is 11.2. The number of esters is 1. The van der Waals surface area contributed by atoms with Gasteiger partial charge in [0.25, 0.3) is 0 Å². The van der Waals surface area contributed by atoms with Crippen LogP contribution in [0.1, 0.15) is 6.92 Å². The van der Waals surface area contributed by atoms with Crippen molar-refractivity contribution >= 4 is 23.0 Å². The third-order valence-corrected chi connectivity index (χ3v) is 0.925. The second kappa shape index (κ2) is 6.87. The predicted octanol–water partition coefficient (Wildman–Crippen LogP) is 0.899. The lowest BCUT2D eigenvalue weighted by atomic mass is 10.7. The molecule has 12 heavy (non-hydrogen) atoms. The van der Waals surface area contributed by atoms with Gasteiger partial charge in [0.2, 0.25) is 6.79 Å². The highest BCUT2D eigenvalue weighted by atomic mass is 35.5. The number of halogens is 1. The minimum atomic E-state index is -1.01. The Morgan fingerprint density at radius 1 is 1.33 bits per heavy atom. The van der Waals surface area contributed by atoms with Crippen LogP contribution in [0, 0.1) is 0 Å². The molecule has 0 saturated carbocycles. The maximum Gasteiger partial charge on any atom is 0.406 e. The number of ether oxygens (including phenoxy) is 3. The molecule has 0 heterocycles. The molecule has 0 aliphatic carbocycles. The van der Waals surface area contributed by atoms with Gasteiger partial charge in [-0.05, 0) is 6.92 Å². The van der Waals surface area contributed by atoms with Gasteiger partial charge in [-0.1, -0.05) is 0 Å². The quantitative estimate of drug-likeness (QED) is 0.371. The monoisotopic (exact) mass is 196 g/mol. The second-order valence-electron chi connectivity index (χ2n) is 1.65. The van der Waals surface area contributed by atoms with Crippen LogP contribution in [0.25, 0.3) is 0 Å². The molecular weight excluding hydrogens is 188 g/mol. The van der Waals surface area contributed by atoms with Crippen LogP contribution in [0.15, 0.2) is 0 Å². The summed E-state index contributed by atoms with van der Waals surface area (Å²) >= 11 is 4.78. The number of hydrogen-bond donors (Lipinski definition) is 0. The molecule has 0 aliphatic rings. The Bertz CT molecular complexity index is 158. The lowest BCUT2D eigenvalue weighted by molar-refractivity contribution is -0.156. The fraction of sp³-hybridized carbons (Fsp3) is 0.667. The van der Waals surface area contributed by atoms with Crippen LogP contribution in [-0.2, 0) is 19.0 Å². The van der Waals surface area contributed by atoms with E-state index in [4.69, 9.17) is 16.3 Å². The van der Waals surface area contributed by atoms with Crippen molar-refractivity contribution in [3.63, 3.8) is 0 Å². The van der Waals surface area contributed by atoms with Gasteiger partial charge in [-0.25, -0.2) is 9.59 Å². The van der Waals surface area contributed by atoms with Gasteiger partial charge in [0.05, 0.1) is 0 Å². The van der Waals surface area contributed by atoms with Gasteiger partial charge >= 0.3 is 11.4 Å². The first-order valence-corrected chi connectivity index (χ1v) is 3.60. The van der Waals surface area contributed by atoms with Crippen molar-refractivity contribution in [2.45, 2.75) is 6.92 Å². The van der Waals surface area contributed by atoms with E-state index in [1.165, 1.54) is 0 Å². The summed E-state index contributed by atoms with van der Waals surface area (Å²) in [5.74, 6) is -0.602. The average Bonchev–Trinajstić information content (AvgIpc) is 2.00. The van der Waals surface area contributed by atoms with Gasteiger partial charge in [0.1, 0.15) is 6.61 Å². The zero-order valence-electron chi connectivity index (χ0n) is 6.54. The van der Waals surface area contributed by atoms with E-state index in [1.54, 1.807) is 6.92 Å². The van der Waals surface area contributed by atoms with E-state index in [1.807, 2.05) is 0 Å². The SMILES string of the molecule is CCOCC(=O)OCOC(=O)Cl. The van der Waals surface area contributed by atoms with Crippen LogP contribution in [0.3, 0.4) is 0 Å². The molecule has 0 aliphatic heterocycles. The minimum Gasteiger partial charge on any atom is -0.426 e. The Balaban J connectivity index is 3.25. The number of hydrogen-bond acceptors (Lipinski definition) is 5. The van der Waals surface area contributed by atoms with Gasteiger partial charge in [-0.2, -0.15) is 0 Å².